The van der Waals surface area contributed by atoms with Crippen LogP contribution in [0.1, 0.15) is 85.5 Å². The molecule has 2 unspecified atom stereocenters. The highest BCUT2D eigenvalue weighted by Crippen LogP contribution is 2.42. The quantitative estimate of drug-likeness (QED) is 0.153. The molecule has 0 aromatic heterocycles. The number of rotatable bonds is 11. The fourth-order valence-electron chi connectivity index (χ4n) is 6.82. The van der Waals surface area contributed by atoms with Gasteiger partial charge in [-0.15, -0.1) is 0 Å². The average Bonchev–Trinajstić information content (AvgIpc) is 2.96. The Morgan fingerprint density at radius 1 is 0.500 bits per heavy atom. The third-order valence-corrected chi connectivity index (χ3v) is 8.65. The number of hydrogen-bond donors (Lipinski definition) is 0. The van der Waals surface area contributed by atoms with Crippen LogP contribution in [0.2, 0.25) is 0 Å². The Bertz CT molecular complexity index is 1440. The molecule has 0 saturated heterocycles. The smallest absolute Gasteiger partial charge is 0.146 e. The van der Waals surface area contributed by atoms with Gasteiger partial charge in [0, 0.05) is 11.8 Å². The first-order valence-corrected chi connectivity index (χ1v) is 14.2. The van der Waals surface area contributed by atoms with Crippen LogP contribution in [0.15, 0.2) is 83.9 Å². The topological polar surface area (TPSA) is 34.1 Å². The minimum Gasteiger partial charge on any atom is -0.298 e. The number of carbonyl (C=O) groups excluding carboxylic acids is 2. The number of benzene rings is 4. The van der Waals surface area contributed by atoms with Gasteiger partial charge in [0.15, 0.2) is 0 Å². The first-order chi connectivity index (χ1) is 18.8. The Morgan fingerprint density at radius 3 is 1.32 bits per heavy atom. The van der Waals surface area contributed by atoms with Gasteiger partial charge in [0.1, 0.15) is 12.6 Å². The van der Waals surface area contributed by atoms with Gasteiger partial charge in [-0.2, -0.15) is 0 Å². The average molecular weight is 499 g/mol. The first-order valence-electron chi connectivity index (χ1n) is 14.2. The standard InChI is InChI=1S/C36H34O2/c37-23-29-21-27-15-7-11-25-13-9-19-33(35(25)27)31(29)17-5-3-1-2-4-6-18-32-30(24-38)22-28-16-8-12-26-14-10-20-34(32)36(26)28/h7-16,19-24,31-32H,1-6,17-18H2. The first kappa shape index (κ1) is 24.6. The third kappa shape index (κ3) is 4.53. The summed E-state index contributed by atoms with van der Waals surface area (Å²) in [5.41, 5.74) is 6.79. The van der Waals surface area contributed by atoms with E-state index in [0.29, 0.717) is 0 Å². The van der Waals surface area contributed by atoms with Gasteiger partial charge < -0.3 is 0 Å². The molecule has 2 nitrogen and oxygen atoms in total. The molecule has 0 spiro atoms. The second-order valence-corrected chi connectivity index (χ2v) is 10.9. The second-order valence-electron chi connectivity index (χ2n) is 10.9. The van der Waals surface area contributed by atoms with Crippen molar-refractivity contribution < 1.29 is 9.59 Å². The van der Waals surface area contributed by atoms with Gasteiger partial charge in [0.2, 0.25) is 0 Å². The molecule has 4 aromatic rings. The monoisotopic (exact) mass is 498 g/mol. The van der Waals surface area contributed by atoms with E-state index in [2.05, 4.69) is 84.9 Å². The molecule has 190 valence electrons. The number of unbranched alkanes of at least 4 members (excludes halogenated alkanes) is 5. The van der Waals surface area contributed by atoms with Crippen LogP contribution >= 0.6 is 0 Å². The van der Waals surface area contributed by atoms with Gasteiger partial charge in [-0.1, -0.05) is 111 Å². The molecule has 0 heterocycles. The lowest BCUT2D eigenvalue weighted by molar-refractivity contribution is -0.105. The highest BCUT2D eigenvalue weighted by atomic mass is 16.1. The molecular formula is C36H34O2. The van der Waals surface area contributed by atoms with Crippen LogP contribution in [0.5, 0.6) is 0 Å². The van der Waals surface area contributed by atoms with Gasteiger partial charge in [0.25, 0.3) is 0 Å². The maximum Gasteiger partial charge on any atom is 0.146 e. The lowest BCUT2D eigenvalue weighted by Gasteiger charge is -2.25. The second kappa shape index (κ2) is 10.9. The Kier molecular flexibility index (Phi) is 7.05. The molecule has 0 bridgehead atoms. The summed E-state index contributed by atoms with van der Waals surface area (Å²) in [6.07, 6.45) is 15.4. The summed E-state index contributed by atoms with van der Waals surface area (Å²) in [5, 5.41) is 5.15. The number of aldehydes is 2. The van der Waals surface area contributed by atoms with E-state index in [1.54, 1.807) is 0 Å². The maximum absolute atomic E-state index is 11.9. The van der Waals surface area contributed by atoms with Crippen LogP contribution in [-0.4, -0.2) is 12.6 Å². The van der Waals surface area contributed by atoms with Crippen molar-refractivity contribution in [1.29, 1.82) is 0 Å². The van der Waals surface area contributed by atoms with E-state index < -0.39 is 0 Å². The summed E-state index contributed by atoms with van der Waals surface area (Å²) in [5.74, 6) is 0.410. The largest absolute Gasteiger partial charge is 0.298 e. The predicted octanol–water partition coefficient (Wildman–Crippen LogP) is 9.17. The van der Waals surface area contributed by atoms with Crippen LogP contribution in [0.25, 0.3) is 33.7 Å². The minimum atomic E-state index is 0.205. The SMILES string of the molecule is O=CC1=Cc2cccc3cccc(c23)C1CCCCCCCCC1C(C=O)=Cc2cccc3cccc1c23. The van der Waals surface area contributed by atoms with Gasteiger partial charge in [-0.3, -0.25) is 9.59 Å². The summed E-state index contributed by atoms with van der Waals surface area (Å²) in [6, 6.07) is 25.7. The van der Waals surface area contributed by atoms with E-state index in [1.165, 1.54) is 69.5 Å². The summed E-state index contributed by atoms with van der Waals surface area (Å²) in [6.45, 7) is 0. The molecule has 4 aromatic carbocycles. The van der Waals surface area contributed by atoms with Crippen molar-refractivity contribution in [3.8, 4) is 0 Å². The lowest BCUT2D eigenvalue weighted by Crippen LogP contribution is -2.09. The zero-order chi connectivity index (χ0) is 25.9. The Labute approximate surface area is 225 Å². The minimum absolute atomic E-state index is 0.205. The highest BCUT2D eigenvalue weighted by molar-refractivity contribution is 6.01. The van der Waals surface area contributed by atoms with Crippen LogP contribution in [0, 0.1) is 0 Å². The Morgan fingerprint density at radius 2 is 0.895 bits per heavy atom. The molecular weight excluding hydrogens is 464 g/mol. The van der Waals surface area contributed by atoms with Crippen molar-refractivity contribution in [2.45, 2.75) is 63.2 Å². The molecule has 2 aliphatic carbocycles. The zero-order valence-corrected chi connectivity index (χ0v) is 21.9. The molecule has 0 aliphatic heterocycles. The van der Waals surface area contributed by atoms with E-state index in [4.69, 9.17) is 0 Å². The van der Waals surface area contributed by atoms with E-state index in [-0.39, 0.29) is 11.8 Å². The fourth-order valence-corrected chi connectivity index (χ4v) is 6.82. The van der Waals surface area contributed by atoms with Gasteiger partial charge in [-0.25, -0.2) is 0 Å². The Hall–Kier alpha value is -3.78. The molecule has 0 fully saturated rings. The van der Waals surface area contributed by atoms with Crippen molar-refractivity contribution in [1.82, 2.24) is 0 Å². The molecule has 0 radical (unpaired) electrons. The maximum atomic E-state index is 11.9. The molecule has 0 saturated carbocycles. The number of hydrogen-bond acceptors (Lipinski definition) is 2. The number of allylic oxidation sites excluding steroid dienone is 2. The lowest BCUT2D eigenvalue weighted by atomic mass is 9.78. The fraction of sp³-hybridized carbons (Fsp3) is 0.278. The van der Waals surface area contributed by atoms with Gasteiger partial charge in [0.05, 0.1) is 0 Å². The van der Waals surface area contributed by atoms with Crippen LogP contribution in [-0.2, 0) is 9.59 Å². The summed E-state index contributed by atoms with van der Waals surface area (Å²) >= 11 is 0. The molecule has 38 heavy (non-hydrogen) atoms. The van der Waals surface area contributed by atoms with Gasteiger partial charge in [-0.05, 0) is 79.9 Å². The van der Waals surface area contributed by atoms with Crippen LogP contribution < -0.4 is 0 Å². The van der Waals surface area contributed by atoms with Crippen LogP contribution in [0.4, 0.5) is 0 Å². The molecule has 6 rings (SSSR count). The van der Waals surface area contributed by atoms with Crippen molar-refractivity contribution in [2.24, 2.45) is 0 Å². The molecule has 2 heteroatoms. The molecule has 0 amide bonds. The summed E-state index contributed by atoms with van der Waals surface area (Å²) in [4.78, 5) is 23.8. The third-order valence-electron chi connectivity index (χ3n) is 8.65. The molecule has 2 aliphatic rings. The van der Waals surface area contributed by atoms with E-state index >= 15 is 0 Å². The van der Waals surface area contributed by atoms with Crippen LogP contribution in [0.3, 0.4) is 0 Å². The van der Waals surface area contributed by atoms with Crippen molar-refractivity contribution in [3.05, 3.63) is 106 Å². The zero-order valence-electron chi connectivity index (χ0n) is 21.9. The highest BCUT2D eigenvalue weighted by Gasteiger charge is 2.25. The van der Waals surface area contributed by atoms with E-state index in [1.807, 2.05) is 0 Å². The molecule has 0 N–H and O–H groups in total. The summed E-state index contributed by atoms with van der Waals surface area (Å²) in [7, 11) is 0. The van der Waals surface area contributed by atoms with Crippen molar-refractivity contribution >= 4 is 46.3 Å². The van der Waals surface area contributed by atoms with E-state index in [9.17, 15) is 9.59 Å². The van der Waals surface area contributed by atoms with E-state index in [0.717, 1.165) is 49.4 Å². The predicted molar refractivity (Wildman–Crippen MR) is 158 cm³/mol. The summed E-state index contributed by atoms with van der Waals surface area (Å²) < 4.78 is 0. The molecule has 2 atom stereocenters. The Balaban J connectivity index is 1.01. The normalized spacial score (nSPS) is 17.8. The van der Waals surface area contributed by atoms with Gasteiger partial charge >= 0.3 is 0 Å². The van der Waals surface area contributed by atoms with Crippen molar-refractivity contribution in [2.75, 3.05) is 0 Å². The van der Waals surface area contributed by atoms with Crippen molar-refractivity contribution in [3.63, 3.8) is 0 Å². The number of carbonyl (C=O) groups is 2.